The summed E-state index contributed by atoms with van der Waals surface area (Å²) in [7, 11) is 0. The van der Waals surface area contributed by atoms with Crippen molar-refractivity contribution in [2.45, 2.75) is 20.0 Å². The van der Waals surface area contributed by atoms with Crippen molar-refractivity contribution in [2.75, 3.05) is 11.9 Å². The number of nitrogens with one attached hydrogen (secondary N) is 1. The Kier molecular flexibility index (Phi) is 7.21. The average Bonchev–Trinajstić information content (AvgIpc) is 2.63. The third kappa shape index (κ3) is 5.98. The summed E-state index contributed by atoms with van der Waals surface area (Å²) >= 11 is 12.0. The van der Waals surface area contributed by atoms with E-state index in [9.17, 15) is 14.4 Å². The first-order chi connectivity index (χ1) is 12.8. The van der Waals surface area contributed by atoms with Gasteiger partial charge in [0, 0.05) is 5.56 Å². The Morgan fingerprint density at radius 2 is 1.63 bits per heavy atom. The van der Waals surface area contributed by atoms with Crippen LogP contribution in [0.25, 0.3) is 0 Å². The highest BCUT2D eigenvalue weighted by Gasteiger charge is 2.20. The van der Waals surface area contributed by atoms with Crippen LogP contribution in [-0.2, 0) is 14.3 Å². The highest BCUT2D eigenvalue weighted by molar-refractivity contribution is 6.39. The highest BCUT2D eigenvalue weighted by atomic mass is 35.5. The number of ketones is 1. The van der Waals surface area contributed by atoms with Gasteiger partial charge in [0.1, 0.15) is 5.75 Å². The molecule has 0 saturated heterocycles. The van der Waals surface area contributed by atoms with Crippen LogP contribution in [-0.4, -0.2) is 30.4 Å². The number of anilines is 1. The monoisotopic (exact) mass is 409 g/mol. The third-order valence-electron chi connectivity index (χ3n) is 3.51. The molecule has 2 aromatic carbocycles. The molecule has 0 bridgehead atoms. The van der Waals surface area contributed by atoms with Crippen LogP contribution in [0.5, 0.6) is 5.75 Å². The van der Waals surface area contributed by atoms with Crippen LogP contribution in [0, 0.1) is 0 Å². The summed E-state index contributed by atoms with van der Waals surface area (Å²) < 4.78 is 10.3. The van der Waals surface area contributed by atoms with E-state index in [-0.39, 0.29) is 28.1 Å². The van der Waals surface area contributed by atoms with E-state index in [1.54, 1.807) is 42.5 Å². The Morgan fingerprint density at radius 1 is 1.04 bits per heavy atom. The van der Waals surface area contributed by atoms with E-state index in [2.05, 4.69) is 5.32 Å². The number of carbonyl (C=O) groups excluding carboxylic acids is 3. The Bertz CT molecular complexity index is 831. The molecule has 142 valence electrons. The first-order valence-electron chi connectivity index (χ1n) is 7.96. The summed E-state index contributed by atoms with van der Waals surface area (Å²) in [6.45, 7) is 2.49. The molecule has 1 N–H and O–H groups in total. The van der Waals surface area contributed by atoms with Crippen molar-refractivity contribution in [3.8, 4) is 5.75 Å². The van der Waals surface area contributed by atoms with E-state index >= 15 is 0 Å². The zero-order valence-corrected chi connectivity index (χ0v) is 16.1. The Morgan fingerprint density at radius 3 is 2.19 bits per heavy atom. The van der Waals surface area contributed by atoms with Gasteiger partial charge < -0.3 is 14.8 Å². The molecule has 0 spiro atoms. The minimum absolute atomic E-state index is 0.0700. The molecule has 2 aromatic rings. The average molecular weight is 410 g/mol. The molecule has 2 rings (SSSR count). The molecule has 0 radical (unpaired) electrons. The van der Waals surface area contributed by atoms with Crippen molar-refractivity contribution in [3.05, 3.63) is 58.1 Å². The fourth-order valence-corrected chi connectivity index (χ4v) is 2.55. The fourth-order valence-electron chi connectivity index (χ4n) is 2.05. The number of halogens is 2. The topological polar surface area (TPSA) is 81.7 Å². The zero-order valence-electron chi connectivity index (χ0n) is 14.6. The molecule has 0 aliphatic carbocycles. The van der Waals surface area contributed by atoms with Crippen LogP contribution in [0.4, 0.5) is 5.69 Å². The van der Waals surface area contributed by atoms with Crippen LogP contribution in [0.2, 0.25) is 10.0 Å². The van der Waals surface area contributed by atoms with Gasteiger partial charge in [-0.05, 0) is 50.2 Å². The van der Waals surface area contributed by atoms with E-state index < -0.39 is 18.0 Å². The first kappa shape index (κ1) is 20.7. The van der Waals surface area contributed by atoms with E-state index in [0.29, 0.717) is 11.3 Å². The van der Waals surface area contributed by atoms with Gasteiger partial charge in [-0.1, -0.05) is 29.3 Å². The molecule has 1 atom stereocenters. The Hall–Kier alpha value is -2.57. The van der Waals surface area contributed by atoms with Crippen LogP contribution >= 0.6 is 23.2 Å². The van der Waals surface area contributed by atoms with E-state index in [1.165, 1.54) is 13.8 Å². The second-order valence-corrected chi connectivity index (χ2v) is 6.40. The molecular weight excluding hydrogens is 393 g/mol. The quantitative estimate of drug-likeness (QED) is 0.548. The summed E-state index contributed by atoms with van der Waals surface area (Å²) in [5, 5.41) is 3.06. The molecule has 0 aromatic heterocycles. The molecule has 27 heavy (non-hydrogen) atoms. The van der Waals surface area contributed by atoms with Crippen LogP contribution < -0.4 is 10.1 Å². The van der Waals surface area contributed by atoms with Crippen LogP contribution in [0.3, 0.4) is 0 Å². The molecular formula is C19H17Cl2NO5. The smallest absolute Gasteiger partial charge is 0.344 e. The molecule has 0 heterocycles. The lowest BCUT2D eigenvalue weighted by Crippen LogP contribution is -2.31. The summed E-state index contributed by atoms with van der Waals surface area (Å²) in [5.41, 5.74) is 0.781. The zero-order chi connectivity index (χ0) is 20.0. The third-order valence-corrected chi connectivity index (χ3v) is 4.14. The lowest BCUT2D eigenvalue weighted by molar-refractivity contribution is -0.155. The maximum Gasteiger partial charge on any atom is 0.344 e. The van der Waals surface area contributed by atoms with Gasteiger partial charge in [0.2, 0.25) is 0 Å². The molecule has 0 aliphatic heterocycles. The second kappa shape index (κ2) is 9.39. The molecule has 0 saturated carbocycles. The van der Waals surface area contributed by atoms with E-state index in [4.69, 9.17) is 32.7 Å². The largest absolute Gasteiger partial charge is 0.482 e. The number of Topliss-reactive ketones (excluding diaryl/α,β-unsaturated/α-hetero) is 1. The lowest BCUT2D eigenvalue weighted by atomic mass is 10.1. The molecule has 0 fully saturated rings. The number of hydrogen-bond donors (Lipinski definition) is 1. The molecule has 6 nitrogen and oxygen atoms in total. The van der Waals surface area contributed by atoms with E-state index in [0.717, 1.165) is 0 Å². The van der Waals surface area contributed by atoms with Gasteiger partial charge in [0.05, 0.1) is 15.7 Å². The van der Waals surface area contributed by atoms with Crippen LogP contribution in [0.15, 0.2) is 42.5 Å². The standard InChI is InChI=1S/C19H17Cl2NO5/c1-11(23)13-6-8-14(9-7-13)26-10-17(24)27-12(2)19(25)22-18-15(20)4-3-5-16(18)21/h3-9,12H,10H2,1-2H3,(H,22,25)/t12-/m0/s1. The maximum atomic E-state index is 12.1. The number of rotatable bonds is 7. The summed E-state index contributed by atoms with van der Waals surface area (Å²) in [5.74, 6) is -0.973. The Balaban J connectivity index is 1.85. The maximum absolute atomic E-state index is 12.1. The predicted molar refractivity (Wildman–Crippen MR) is 103 cm³/mol. The number of esters is 1. The van der Waals surface area contributed by atoms with Crippen molar-refractivity contribution < 1.29 is 23.9 Å². The number of para-hydroxylation sites is 1. The minimum Gasteiger partial charge on any atom is -0.482 e. The number of benzene rings is 2. The Labute approximate surface area is 166 Å². The van der Waals surface area contributed by atoms with Gasteiger partial charge in [0.25, 0.3) is 5.91 Å². The second-order valence-electron chi connectivity index (χ2n) is 5.59. The van der Waals surface area contributed by atoms with Crippen molar-refractivity contribution in [3.63, 3.8) is 0 Å². The highest BCUT2D eigenvalue weighted by Crippen LogP contribution is 2.29. The molecule has 0 aliphatic rings. The lowest BCUT2D eigenvalue weighted by Gasteiger charge is -2.15. The van der Waals surface area contributed by atoms with Gasteiger partial charge in [-0.15, -0.1) is 0 Å². The minimum atomic E-state index is -1.08. The van der Waals surface area contributed by atoms with Gasteiger partial charge >= 0.3 is 5.97 Å². The van der Waals surface area contributed by atoms with Gasteiger partial charge in [-0.2, -0.15) is 0 Å². The van der Waals surface area contributed by atoms with Crippen molar-refractivity contribution in [1.29, 1.82) is 0 Å². The van der Waals surface area contributed by atoms with Gasteiger partial charge in [0.15, 0.2) is 18.5 Å². The normalized spacial score (nSPS) is 11.4. The number of amides is 1. The van der Waals surface area contributed by atoms with Crippen LogP contribution in [0.1, 0.15) is 24.2 Å². The van der Waals surface area contributed by atoms with Crippen molar-refractivity contribution in [1.82, 2.24) is 0 Å². The number of hydrogen-bond acceptors (Lipinski definition) is 5. The number of carbonyl (C=O) groups is 3. The summed E-state index contributed by atoms with van der Waals surface area (Å²) in [6.07, 6.45) is -1.08. The fraction of sp³-hybridized carbons (Fsp3) is 0.211. The predicted octanol–water partition coefficient (Wildman–Crippen LogP) is 4.15. The first-order valence-corrected chi connectivity index (χ1v) is 8.71. The van der Waals surface area contributed by atoms with Gasteiger partial charge in [-0.3, -0.25) is 9.59 Å². The van der Waals surface area contributed by atoms with Crippen molar-refractivity contribution in [2.24, 2.45) is 0 Å². The van der Waals surface area contributed by atoms with Crippen molar-refractivity contribution >= 4 is 46.5 Å². The SMILES string of the molecule is CC(=O)c1ccc(OCC(=O)O[C@@H](C)C(=O)Nc2c(Cl)cccc2Cl)cc1. The molecule has 8 heteroatoms. The molecule has 0 unspecified atom stereocenters. The molecule has 1 amide bonds. The number of ether oxygens (including phenoxy) is 2. The van der Waals surface area contributed by atoms with Gasteiger partial charge in [-0.25, -0.2) is 4.79 Å². The summed E-state index contributed by atoms with van der Waals surface area (Å²) in [6, 6.07) is 11.1. The summed E-state index contributed by atoms with van der Waals surface area (Å²) in [4.78, 5) is 35.2. The van der Waals surface area contributed by atoms with E-state index in [1.807, 2.05) is 0 Å².